The molecule has 0 aliphatic carbocycles. The number of hydrogen-bond donors (Lipinski definition) is 1. The van der Waals surface area contributed by atoms with E-state index in [0.29, 0.717) is 34.1 Å². The number of methoxy groups -OCH3 is 1. The quantitative estimate of drug-likeness (QED) is 0.626. The number of aliphatic hydroxyl groups excluding tert-OH is 1. The largest absolute Gasteiger partial charge is 0.493 e. The smallest absolute Gasteiger partial charge is 0.276 e. The van der Waals surface area contributed by atoms with Crippen molar-refractivity contribution in [2.45, 2.75) is 24.0 Å². The second-order valence-electron chi connectivity index (χ2n) is 5.08. The van der Waals surface area contributed by atoms with Gasteiger partial charge in [0.1, 0.15) is 6.61 Å². The molecule has 0 aliphatic rings. The number of aliphatic hydroxyl groups is 1. The van der Waals surface area contributed by atoms with Gasteiger partial charge in [0.2, 0.25) is 5.89 Å². The first-order valence-corrected chi connectivity index (χ1v) is 10.1. The number of nitrogens with zero attached hydrogens (tertiary/aromatic N) is 2. The van der Waals surface area contributed by atoms with E-state index in [1.807, 2.05) is 43.5 Å². The lowest BCUT2D eigenvalue weighted by molar-refractivity contribution is 0.124. The van der Waals surface area contributed by atoms with Crippen LogP contribution in [0.5, 0.6) is 11.5 Å². The number of rotatable bonds is 10. The summed E-state index contributed by atoms with van der Waals surface area (Å²) in [6.07, 6.45) is 5.24. The van der Waals surface area contributed by atoms with E-state index in [1.54, 1.807) is 18.9 Å². The molecule has 0 bridgehead atoms. The Bertz CT molecular complexity index is 691. The number of ether oxygens (including phenoxy) is 2. The maximum absolute atomic E-state index is 10.1. The van der Waals surface area contributed by atoms with Gasteiger partial charge in [-0.25, -0.2) is 0 Å². The van der Waals surface area contributed by atoms with Crippen LogP contribution in [0.25, 0.3) is 6.08 Å². The van der Waals surface area contributed by atoms with Crippen LogP contribution in [0.15, 0.2) is 33.9 Å². The van der Waals surface area contributed by atoms with E-state index in [9.17, 15) is 5.11 Å². The fourth-order valence-electron chi connectivity index (χ4n) is 1.98. The van der Waals surface area contributed by atoms with Crippen LogP contribution in [0.1, 0.15) is 18.4 Å². The van der Waals surface area contributed by atoms with Crippen molar-refractivity contribution in [3.63, 3.8) is 0 Å². The van der Waals surface area contributed by atoms with Crippen LogP contribution in [0.4, 0.5) is 0 Å². The summed E-state index contributed by atoms with van der Waals surface area (Å²) in [5.41, 5.74) is 1.03. The Morgan fingerprint density at radius 3 is 2.88 bits per heavy atom. The molecule has 1 atom stereocenters. The van der Waals surface area contributed by atoms with Gasteiger partial charge in [0.25, 0.3) is 5.22 Å². The summed E-state index contributed by atoms with van der Waals surface area (Å²) in [6.45, 7) is 2.11. The fourth-order valence-corrected chi connectivity index (χ4v) is 3.03. The Kier molecular flexibility index (Phi) is 8.17. The molecular weight excluding hydrogens is 360 g/mol. The second-order valence-corrected chi connectivity index (χ2v) is 6.92. The Balaban J connectivity index is 1.83. The highest BCUT2D eigenvalue weighted by Gasteiger charge is 2.12. The molecule has 0 saturated heterocycles. The highest BCUT2D eigenvalue weighted by atomic mass is 32.2. The summed E-state index contributed by atoms with van der Waals surface area (Å²) in [7, 11) is 1.59. The standard InChI is InChI=1S/C17H22N2O4S2/c1-4-5-12-6-7-14(15(8-12)21-2)22-9-13(20)10-25-17-19-18-16(23-17)11-24-3/h4-8,13,20H,9-11H2,1-3H3/b5-4+. The average molecular weight is 383 g/mol. The van der Waals surface area contributed by atoms with E-state index in [2.05, 4.69) is 10.2 Å². The second kappa shape index (κ2) is 10.4. The maximum Gasteiger partial charge on any atom is 0.276 e. The molecule has 0 spiro atoms. The monoisotopic (exact) mass is 382 g/mol. The molecule has 0 amide bonds. The van der Waals surface area contributed by atoms with Crippen molar-refractivity contribution in [2.24, 2.45) is 0 Å². The van der Waals surface area contributed by atoms with Crippen LogP contribution in [-0.4, -0.2) is 47.1 Å². The van der Waals surface area contributed by atoms with Gasteiger partial charge in [-0.15, -0.1) is 10.2 Å². The van der Waals surface area contributed by atoms with Crippen molar-refractivity contribution in [3.8, 4) is 11.5 Å². The van der Waals surface area contributed by atoms with E-state index in [-0.39, 0.29) is 6.61 Å². The molecule has 6 nitrogen and oxygen atoms in total. The van der Waals surface area contributed by atoms with Crippen molar-refractivity contribution in [1.82, 2.24) is 10.2 Å². The third-order valence-corrected chi connectivity index (χ3v) is 4.59. The summed E-state index contributed by atoms with van der Waals surface area (Å²) in [6, 6.07) is 5.66. The number of aromatic nitrogens is 2. The minimum absolute atomic E-state index is 0.151. The van der Waals surface area contributed by atoms with Crippen LogP contribution in [0, 0.1) is 0 Å². The predicted molar refractivity (Wildman–Crippen MR) is 101 cm³/mol. The topological polar surface area (TPSA) is 77.6 Å². The maximum atomic E-state index is 10.1. The first-order valence-electron chi connectivity index (χ1n) is 7.72. The van der Waals surface area contributed by atoms with Crippen molar-refractivity contribution in [2.75, 3.05) is 25.7 Å². The predicted octanol–water partition coefficient (Wildman–Crippen LogP) is 3.51. The minimum Gasteiger partial charge on any atom is -0.493 e. The lowest BCUT2D eigenvalue weighted by atomic mass is 10.2. The molecular formula is C17H22N2O4S2. The molecule has 0 saturated carbocycles. The van der Waals surface area contributed by atoms with Crippen molar-refractivity contribution < 1.29 is 19.0 Å². The first-order chi connectivity index (χ1) is 12.2. The van der Waals surface area contributed by atoms with Gasteiger partial charge in [-0.05, 0) is 30.9 Å². The van der Waals surface area contributed by atoms with Crippen LogP contribution in [0.3, 0.4) is 0 Å². The van der Waals surface area contributed by atoms with E-state index >= 15 is 0 Å². The van der Waals surface area contributed by atoms with Gasteiger partial charge in [0.05, 0.1) is 19.0 Å². The summed E-state index contributed by atoms with van der Waals surface area (Å²) in [5.74, 6) is 2.91. The van der Waals surface area contributed by atoms with E-state index in [4.69, 9.17) is 13.9 Å². The van der Waals surface area contributed by atoms with Gasteiger partial charge in [0.15, 0.2) is 11.5 Å². The highest BCUT2D eigenvalue weighted by Crippen LogP contribution is 2.29. The molecule has 25 heavy (non-hydrogen) atoms. The Hall–Kier alpha value is -1.64. The molecule has 1 N–H and O–H groups in total. The van der Waals surface area contributed by atoms with Gasteiger partial charge in [-0.1, -0.05) is 30.0 Å². The van der Waals surface area contributed by atoms with Gasteiger partial charge in [-0.2, -0.15) is 11.8 Å². The van der Waals surface area contributed by atoms with E-state index < -0.39 is 6.10 Å². The molecule has 0 radical (unpaired) electrons. The molecule has 0 aliphatic heterocycles. The van der Waals surface area contributed by atoms with Gasteiger partial charge in [0, 0.05) is 5.75 Å². The van der Waals surface area contributed by atoms with E-state index in [0.717, 1.165) is 5.56 Å². The fraction of sp³-hybridized carbons (Fsp3) is 0.412. The first kappa shape index (κ1) is 19.7. The number of allylic oxidation sites excluding steroid dienone is 1. The molecule has 1 aromatic carbocycles. The summed E-state index contributed by atoms with van der Waals surface area (Å²) in [5, 5.41) is 18.4. The molecule has 1 unspecified atom stereocenters. The van der Waals surface area contributed by atoms with Crippen LogP contribution in [0.2, 0.25) is 0 Å². The molecule has 8 heteroatoms. The van der Waals surface area contributed by atoms with Crippen molar-refractivity contribution in [3.05, 3.63) is 35.7 Å². The molecule has 2 rings (SSSR count). The lowest BCUT2D eigenvalue weighted by Gasteiger charge is -2.14. The third-order valence-electron chi connectivity index (χ3n) is 3.09. The third kappa shape index (κ3) is 6.30. The Morgan fingerprint density at radius 2 is 2.16 bits per heavy atom. The SMILES string of the molecule is C/C=C/c1ccc(OCC(O)CSc2nnc(CSC)o2)c(OC)c1. The minimum atomic E-state index is -0.666. The van der Waals surface area contributed by atoms with Crippen LogP contribution in [-0.2, 0) is 5.75 Å². The normalized spacial score (nSPS) is 12.5. The number of benzene rings is 1. The van der Waals surface area contributed by atoms with Crippen LogP contribution >= 0.6 is 23.5 Å². The van der Waals surface area contributed by atoms with Crippen molar-refractivity contribution in [1.29, 1.82) is 0 Å². The van der Waals surface area contributed by atoms with Gasteiger partial charge in [-0.3, -0.25) is 0 Å². The molecule has 2 aromatic rings. The van der Waals surface area contributed by atoms with Gasteiger partial charge < -0.3 is 19.0 Å². The lowest BCUT2D eigenvalue weighted by Crippen LogP contribution is -2.20. The van der Waals surface area contributed by atoms with Gasteiger partial charge >= 0.3 is 0 Å². The molecule has 136 valence electrons. The zero-order chi connectivity index (χ0) is 18.1. The molecule has 0 fully saturated rings. The van der Waals surface area contributed by atoms with Crippen molar-refractivity contribution >= 4 is 29.6 Å². The summed E-state index contributed by atoms with van der Waals surface area (Å²) < 4.78 is 16.5. The summed E-state index contributed by atoms with van der Waals surface area (Å²) >= 11 is 2.92. The molecule has 1 heterocycles. The van der Waals surface area contributed by atoms with E-state index in [1.165, 1.54) is 11.8 Å². The highest BCUT2D eigenvalue weighted by molar-refractivity contribution is 7.99. The number of thioether (sulfide) groups is 2. The molecule has 1 aromatic heterocycles. The van der Waals surface area contributed by atoms with Crippen LogP contribution < -0.4 is 9.47 Å². The Morgan fingerprint density at radius 1 is 1.32 bits per heavy atom. The zero-order valence-corrected chi connectivity index (χ0v) is 16.1. The number of hydrogen-bond acceptors (Lipinski definition) is 8. The summed E-state index contributed by atoms with van der Waals surface area (Å²) in [4.78, 5) is 0. The zero-order valence-electron chi connectivity index (χ0n) is 14.5. The Labute approximate surface area is 156 Å². The average Bonchev–Trinajstić information content (AvgIpc) is 3.07.